The van der Waals surface area contributed by atoms with Crippen molar-refractivity contribution in [2.75, 3.05) is 5.32 Å². The molecule has 1 amide bonds. The molecule has 0 saturated heterocycles. The lowest BCUT2D eigenvalue weighted by molar-refractivity contribution is -0.384. The molecule has 0 aliphatic rings. The molecule has 1 N–H and O–H groups in total. The molecule has 0 aliphatic heterocycles. The molecule has 0 saturated carbocycles. The molecule has 2 rings (SSSR count). The number of nitro benzene ring substituents is 1. The third-order valence-electron chi connectivity index (χ3n) is 3.01. The number of halogens is 1. The largest absolute Gasteiger partial charge is 0.419 e. The molecule has 2 aromatic rings. The zero-order valence-corrected chi connectivity index (χ0v) is 14.4. The van der Waals surface area contributed by atoms with Gasteiger partial charge in [0.25, 0.3) is 5.69 Å². The predicted molar refractivity (Wildman–Crippen MR) is 91.2 cm³/mol. The summed E-state index contributed by atoms with van der Waals surface area (Å²) >= 11 is 3.30. The van der Waals surface area contributed by atoms with Gasteiger partial charge < -0.3 is 10.1 Å². The summed E-state index contributed by atoms with van der Waals surface area (Å²) in [6.07, 6.45) is 0. The van der Waals surface area contributed by atoms with Crippen molar-refractivity contribution in [3.63, 3.8) is 0 Å². The van der Waals surface area contributed by atoms with Gasteiger partial charge in [-0.25, -0.2) is 4.79 Å². The summed E-state index contributed by atoms with van der Waals surface area (Å²) in [4.78, 5) is 33.6. The molecule has 0 unspecified atom stereocenters. The van der Waals surface area contributed by atoms with Gasteiger partial charge >= 0.3 is 5.97 Å². The van der Waals surface area contributed by atoms with Crippen molar-refractivity contribution < 1.29 is 19.2 Å². The second-order valence-electron chi connectivity index (χ2n) is 5.00. The number of hydrogen-bond donors (Lipinski definition) is 1. The normalized spacial score (nSPS) is 10.1. The number of non-ortho nitro benzene ring substituents is 1. The molecule has 0 spiro atoms. The fourth-order valence-corrected chi connectivity index (χ4v) is 2.64. The van der Waals surface area contributed by atoms with Crippen molar-refractivity contribution in [1.82, 2.24) is 0 Å². The van der Waals surface area contributed by atoms with Crippen molar-refractivity contribution >= 4 is 39.2 Å². The van der Waals surface area contributed by atoms with Crippen molar-refractivity contribution in [3.05, 3.63) is 62.1 Å². The second-order valence-corrected chi connectivity index (χ2v) is 5.85. The maximum Gasteiger partial charge on any atom is 0.343 e. The van der Waals surface area contributed by atoms with E-state index in [1.54, 1.807) is 12.1 Å². The van der Waals surface area contributed by atoms with E-state index in [1.165, 1.54) is 31.2 Å². The van der Waals surface area contributed by atoms with E-state index in [2.05, 4.69) is 21.2 Å². The number of nitrogens with zero attached hydrogens (tertiary/aromatic N) is 1. The molecule has 0 aliphatic carbocycles. The minimum Gasteiger partial charge on any atom is -0.419 e. The van der Waals surface area contributed by atoms with E-state index in [-0.39, 0.29) is 22.9 Å². The van der Waals surface area contributed by atoms with Gasteiger partial charge in [0.15, 0.2) is 5.75 Å². The van der Waals surface area contributed by atoms with Gasteiger partial charge in [0.1, 0.15) is 0 Å². The lowest BCUT2D eigenvalue weighted by Gasteiger charge is -2.13. The average molecular weight is 393 g/mol. The first kappa shape index (κ1) is 17.6. The number of nitrogens with one attached hydrogen (secondary N) is 1. The third kappa shape index (κ3) is 4.17. The number of benzene rings is 2. The Hall–Kier alpha value is -2.74. The van der Waals surface area contributed by atoms with Crippen LogP contribution in [0.5, 0.6) is 5.75 Å². The minimum absolute atomic E-state index is 0.123. The smallest absolute Gasteiger partial charge is 0.343 e. The van der Waals surface area contributed by atoms with Gasteiger partial charge in [-0.3, -0.25) is 14.9 Å². The Kier molecular flexibility index (Phi) is 5.30. The number of anilines is 1. The first-order chi connectivity index (χ1) is 11.3. The Morgan fingerprint density at radius 2 is 1.83 bits per heavy atom. The lowest BCUT2D eigenvalue weighted by Crippen LogP contribution is -2.13. The van der Waals surface area contributed by atoms with Crippen LogP contribution >= 0.6 is 15.9 Å². The number of rotatable bonds is 4. The van der Waals surface area contributed by atoms with E-state index in [1.807, 2.05) is 6.92 Å². The Morgan fingerprint density at radius 1 is 1.21 bits per heavy atom. The lowest BCUT2D eigenvalue weighted by atomic mass is 10.2. The molecule has 124 valence electrons. The molecule has 0 heterocycles. The number of esters is 1. The van der Waals surface area contributed by atoms with E-state index in [4.69, 9.17) is 4.74 Å². The van der Waals surface area contributed by atoms with Crippen molar-refractivity contribution in [2.24, 2.45) is 0 Å². The van der Waals surface area contributed by atoms with E-state index in [0.717, 1.165) is 5.56 Å². The highest BCUT2D eigenvalue weighted by Gasteiger charge is 2.17. The number of amides is 1. The molecule has 0 bridgehead atoms. The first-order valence-corrected chi connectivity index (χ1v) is 7.61. The zero-order chi connectivity index (χ0) is 17.9. The van der Waals surface area contributed by atoms with Crippen LogP contribution < -0.4 is 10.1 Å². The van der Waals surface area contributed by atoms with Crippen LogP contribution in [-0.2, 0) is 4.79 Å². The standard InChI is InChI=1S/C16H13BrN2O5/c1-9-7-13(17)15(14(8-9)18-10(2)20)24-16(21)11-3-5-12(6-4-11)19(22)23/h3-8H,1-2H3,(H,18,20). The molecule has 7 nitrogen and oxygen atoms in total. The van der Waals surface area contributed by atoms with Crippen molar-refractivity contribution in [3.8, 4) is 5.75 Å². The molecule has 2 aromatic carbocycles. The number of aryl methyl sites for hydroxylation is 1. The fourth-order valence-electron chi connectivity index (χ4n) is 1.99. The summed E-state index contributed by atoms with van der Waals surface area (Å²) in [6, 6.07) is 8.46. The molecule has 0 atom stereocenters. The zero-order valence-electron chi connectivity index (χ0n) is 12.8. The summed E-state index contributed by atoms with van der Waals surface area (Å²) in [5.74, 6) is -0.833. The second kappa shape index (κ2) is 7.22. The molecule has 0 aromatic heterocycles. The number of carbonyl (C=O) groups excluding carboxylic acids is 2. The van der Waals surface area contributed by atoms with Crippen LogP contribution in [0.25, 0.3) is 0 Å². The predicted octanol–water partition coefficient (Wildman–Crippen LogP) is 3.84. The van der Waals surface area contributed by atoms with Crippen LogP contribution in [0.1, 0.15) is 22.8 Å². The Labute approximate surface area is 145 Å². The summed E-state index contributed by atoms with van der Waals surface area (Å²) in [5.41, 5.74) is 1.24. The van der Waals surface area contributed by atoms with Crippen LogP contribution in [0.4, 0.5) is 11.4 Å². The highest BCUT2D eigenvalue weighted by Crippen LogP contribution is 2.35. The number of hydrogen-bond acceptors (Lipinski definition) is 5. The maximum atomic E-state index is 12.2. The van der Waals surface area contributed by atoms with Gasteiger partial charge in [0.05, 0.1) is 20.6 Å². The molecular formula is C16H13BrN2O5. The van der Waals surface area contributed by atoms with E-state index in [9.17, 15) is 19.7 Å². The van der Waals surface area contributed by atoms with Crippen LogP contribution in [0.2, 0.25) is 0 Å². The highest BCUT2D eigenvalue weighted by atomic mass is 79.9. The van der Waals surface area contributed by atoms with Gasteiger partial charge in [-0.15, -0.1) is 0 Å². The Balaban J connectivity index is 2.31. The third-order valence-corrected chi connectivity index (χ3v) is 3.60. The SMILES string of the molecule is CC(=O)Nc1cc(C)cc(Br)c1OC(=O)c1ccc([N+](=O)[O-])cc1. The summed E-state index contributed by atoms with van der Waals surface area (Å²) < 4.78 is 5.85. The quantitative estimate of drug-likeness (QED) is 0.368. The molecule has 8 heteroatoms. The molecular weight excluding hydrogens is 380 g/mol. The van der Waals surface area contributed by atoms with Gasteiger partial charge in [-0.1, -0.05) is 0 Å². The van der Waals surface area contributed by atoms with Crippen molar-refractivity contribution in [1.29, 1.82) is 0 Å². The van der Waals surface area contributed by atoms with Crippen molar-refractivity contribution in [2.45, 2.75) is 13.8 Å². The molecule has 0 fully saturated rings. The maximum absolute atomic E-state index is 12.2. The van der Waals surface area contributed by atoms with Gasteiger partial charge in [-0.2, -0.15) is 0 Å². The topological polar surface area (TPSA) is 98.5 Å². The van der Waals surface area contributed by atoms with E-state index < -0.39 is 10.9 Å². The summed E-state index contributed by atoms with van der Waals surface area (Å²) in [7, 11) is 0. The number of nitro groups is 1. The first-order valence-electron chi connectivity index (χ1n) is 6.82. The van der Waals surface area contributed by atoms with Crippen LogP contribution in [0.3, 0.4) is 0 Å². The monoisotopic (exact) mass is 392 g/mol. The van der Waals surface area contributed by atoms with Gasteiger partial charge in [0, 0.05) is 19.1 Å². The number of ether oxygens (including phenoxy) is 1. The van der Waals surface area contributed by atoms with E-state index in [0.29, 0.717) is 10.2 Å². The number of carbonyl (C=O) groups is 2. The van der Waals surface area contributed by atoms with E-state index >= 15 is 0 Å². The Morgan fingerprint density at radius 3 is 2.38 bits per heavy atom. The van der Waals surface area contributed by atoms with Gasteiger partial charge in [-0.05, 0) is 52.7 Å². The van der Waals surface area contributed by atoms with Crippen LogP contribution in [0.15, 0.2) is 40.9 Å². The molecule has 24 heavy (non-hydrogen) atoms. The van der Waals surface area contributed by atoms with Crippen LogP contribution in [0, 0.1) is 17.0 Å². The fraction of sp³-hybridized carbons (Fsp3) is 0.125. The summed E-state index contributed by atoms with van der Waals surface area (Å²) in [6.45, 7) is 3.18. The molecule has 0 radical (unpaired) electrons. The van der Waals surface area contributed by atoms with Gasteiger partial charge in [0.2, 0.25) is 5.91 Å². The van der Waals surface area contributed by atoms with Crippen LogP contribution in [-0.4, -0.2) is 16.8 Å². The minimum atomic E-state index is -0.693. The summed E-state index contributed by atoms with van der Waals surface area (Å²) in [5, 5.41) is 13.2. The highest BCUT2D eigenvalue weighted by molar-refractivity contribution is 9.10. The average Bonchev–Trinajstić information content (AvgIpc) is 2.50. The Bertz CT molecular complexity index is 818.